The standard InChI is InChI=1S/C11H19N3O4/c1-3-14(7-10(16)18-2)6-9(15)13-11(17)12-8-4-5-8/h8H,3-7H2,1-2H3,(H2,12,13,15,17). The lowest BCUT2D eigenvalue weighted by Gasteiger charge is -2.17. The fraction of sp³-hybridized carbons (Fsp3) is 0.727. The van der Waals surface area contributed by atoms with Crippen molar-refractivity contribution in [2.24, 2.45) is 0 Å². The fourth-order valence-corrected chi connectivity index (χ4v) is 1.35. The Hall–Kier alpha value is -1.63. The summed E-state index contributed by atoms with van der Waals surface area (Å²) < 4.78 is 4.51. The topological polar surface area (TPSA) is 87.7 Å². The predicted molar refractivity (Wildman–Crippen MR) is 63.8 cm³/mol. The maximum Gasteiger partial charge on any atom is 0.321 e. The number of carbonyl (C=O) groups excluding carboxylic acids is 3. The number of carbonyl (C=O) groups is 3. The van der Waals surface area contributed by atoms with Gasteiger partial charge in [0.1, 0.15) is 0 Å². The molecule has 1 rings (SSSR count). The Kier molecular flexibility index (Phi) is 5.57. The Morgan fingerprint density at radius 2 is 1.94 bits per heavy atom. The highest BCUT2D eigenvalue weighted by molar-refractivity contribution is 5.95. The van der Waals surface area contributed by atoms with Crippen LogP contribution in [0.1, 0.15) is 19.8 Å². The molecule has 3 amide bonds. The molecule has 0 atom stereocenters. The van der Waals surface area contributed by atoms with Gasteiger partial charge in [0.05, 0.1) is 20.2 Å². The van der Waals surface area contributed by atoms with Crippen molar-refractivity contribution in [3.05, 3.63) is 0 Å². The zero-order chi connectivity index (χ0) is 13.5. The summed E-state index contributed by atoms with van der Waals surface area (Å²) in [5.74, 6) is -0.842. The molecule has 1 aliphatic carbocycles. The third-order valence-corrected chi connectivity index (χ3v) is 2.56. The molecular formula is C11H19N3O4. The number of amides is 3. The number of methoxy groups -OCH3 is 1. The monoisotopic (exact) mass is 257 g/mol. The molecule has 0 bridgehead atoms. The van der Waals surface area contributed by atoms with E-state index in [0.717, 1.165) is 12.8 Å². The molecular weight excluding hydrogens is 238 g/mol. The van der Waals surface area contributed by atoms with Crippen LogP contribution in [0.4, 0.5) is 4.79 Å². The van der Waals surface area contributed by atoms with E-state index in [4.69, 9.17) is 0 Å². The smallest absolute Gasteiger partial charge is 0.321 e. The third kappa shape index (κ3) is 5.62. The first-order valence-corrected chi connectivity index (χ1v) is 5.94. The van der Waals surface area contributed by atoms with Crippen LogP contribution >= 0.6 is 0 Å². The SMILES string of the molecule is CCN(CC(=O)NC(=O)NC1CC1)CC(=O)OC. The maximum absolute atomic E-state index is 11.5. The molecule has 1 fully saturated rings. The van der Waals surface area contributed by atoms with Crippen LogP contribution in [0.15, 0.2) is 0 Å². The van der Waals surface area contributed by atoms with Crippen molar-refractivity contribution in [3.8, 4) is 0 Å². The molecule has 0 aromatic heterocycles. The minimum Gasteiger partial charge on any atom is -0.468 e. The summed E-state index contributed by atoms with van der Waals surface area (Å²) in [7, 11) is 1.29. The number of likely N-dealkylation sites (N-methyl/N-ethyl adjacent to an activating group) is 1. The number of nitrogens with one attached hydrogen (secondary N) is 2. The van der Waals surface area contributed by atoms with Crippen molar-refractivity contribution in [2.75, 3.05) is 26.7 Å². The lowest BCUT2D eigenvalue weighted by molar-refractivity contribution is -0.142. The number of esters is 1. The summed E-state index contributed by atoms with van der Waals surface area (Å²) in [6, 6.07) is -0.272. The third-order valence-electron chi connectivity index (χ3n) is 2.56. The van der Waals surface area contributed by atoms with Crippen LogP contribution in [0.3, 0.4) is 0 Å². The highest BCUT2D eigenvalue weighted by Gasteiger charge is 2.24. The second-order valence-corrected chi connectivity index (χ2v) is 4.18. The van der Waals surface area contributed by atoms with Gasteiger partial charge in [-0.05, 0) is 19.4 Å². The summed E-state index contributed by atoms with van der Waals surface area (Å²) in [6.45, 7) is 2.36. The second-order valence-electron chi connectivity index (χ2n) is 4.18. The highest BCUT2D eigenvalue weighted by Crippen LogP contribution is 2.18. The minimum atomic E-state index is -0.475. The Morgan fingerprint density at radius 3 is 2.44 bits per heavy atom. The van der Waals surface area contributed by atoms with Crippen LogP contribution in [0.25, 0.3) is 0 Å². The summed E-state index contributed by atoms with van der Waals surface area (Å²) in [6.07, 6.45) is 1.93. The van der Waals surface area contributed by atoms with Crippen molar-refractivity contribution >= 4 is 17.9 Å². The number of nitrogens with zero attached hydrogens (tertiary/aromatic N) is 1. The largest absolute Gasteiger partial charge is 0.468 e. The van der Waals surface area contributed by atoms with E-state index in [2.05, 4.69) is 15.4 Å². The Bertz CT molecular complexity index is 328. The van der Waals surface area contributed by atoms with E-state index in [-0.39, 0.29) is 19.1 Å². The molecule has 1 aliphatic rings. The molecule has 7 nitrogen and oxygen atoms in total. The van der Waals surface area contributed by atoms with Crippen LogP contribution in [-0.2, 0) is 14.3 Å². The summed E-state index contributed by atoms with van der Waals surface area (Å²) in [4.78, 5) is 35.5. The molecule has 0 saturated heterocycles. The fourth-order valence-electron chi connectivity index (χ4n) is 1.35. The number of imide groups is 1. The maximum atomic E-state index is 11.5. The lowest BCUT2D eigenvalue weighted by Crippen LogP contribution is -2.46. The lowest BCUT2D eigenvalue weighted by atomic mass is 10.4. The van der Waals surface area contributed by atoms with E-state index in [1.165, 1.54) is 7.11 Å². The Balaban J connectivity index is 2.26. The van der Waals surface area contributed by atoms with Gasteiger partial charge in [0.25, 0.3) is 0 Å². The zero-order valence-corrected chi connectivity index (χ0v) is 10.7. The van der Waals surface area contributed by atoms with Crippen molar-refractivity contribution in [2.45, 2.75) is 25.8 Å². The van der Waals surface area contributed by atoms with Gasteiger partial charge in [0.2, 0.25) is 5.91 Å². The molecule has 102 valence electrons. The quantitative estimate of drug-likeness (QED) is 0.625. The molecule has 0 radical (unpaired) electrons. The van der Waals surface area contributed by atoms with E-state index in [0.29, 0.717) is 6.54 Å². The molecule has 7 heteroatoms. The van der Waals surface area contributed by atoms with Gasteiger partial charge >= 0.3 is 12.0 Å². The van der Waals surface area contributed by atoms with Crippen molar-refractivity contribution in [3.63, 3.8) is 0 Å². The minimum absolute atomic E-state index is 0.0102. The molecule has 1 saturated carbocycles. The molecule has 0 aliphatic heterocycles. The van der Waals surface area contributed by atoms with Gasteiger partial charge in [-0.1, -0.05) is 6.92 Å². The van der Waals surface area contributed by atoms with Gasteiger partial charge in [-0.15, -0.1) is 0 Å². The molecule has 18 heavy (non-hydrogen) atoms. The molecule has 0 unspecified atom stereocenters. The van der Waals surface area contributed by atoms with Gasteiger partial charge in [0, 0.05) is 6.04 Å². The first-order valence-electron chi connectivity index (χ1n) is 5.94. The van der Waals surface area contributed by atoms with Crippen LogP contribution in [0, 0.1) is 0 Å². The number of rotatable bonds is 6. The first-order chi connectivity index (χ1) is 8.55. The zero-order valence-electron chi connectivity index (χ0n) is 10.7. The highest BCUT2D eigenvalue weighted by atomic mass is 16.5. The summed E-state index contributed by atoms with van der Waals surface area (Å²) >= 11 is 0. The second kappa shape index (κ2) is 6.95. The van der Waals surface area contributed by atoms with E-state index >= 15 is 0 Å². The molecule has 0 heterocycles. The van der Waals surface area contributed by atoms with Crippen molar-refractivity contribution in [1.82, 2.24) is 15.5 Å². The van der Waals surface area contributed by atoms with Gasteiger partial charge < -0.3 is 10.1 Å². The number of hydrogen-bond acceptors (Lipinski definition) is 5. The van der Waals surface area contributed by atoms with Crippen molar-refractivity contribution < 1.29 is 19.1 Å². The number of ether oxygens (including phenoxy) is 1. The van der Waals surface area contributed by atoms with E-state index < -0.39 is 17.9 Å². The van der Waals surface area contributed by atoms with E-state index in [1.54, 1.807) is 4.90 Å². The van der Waals surface area contributed by atoms with E-state index in [1.807, 2.05) is 6.92 Å². The molecule has 2 N–H and O–H groups in total. The van der Waals surface area contributed by atoms with Gasteiger partial charge in [0.15, 0.2) is 0 Å². The molecule has 0 spiro atoms. The number of hydrogen-bond donors (Lipinski definition) is 2. The van der Waals surface area contributed by atoms with Gasteiger partial charge in [-0.25, -0.2) is 4.79 Å². The average molecular weight is 257 g/mol. The van der Waals surface area contributed by atoms with Crippen LogP contribution in [0.5, 0.6) is 0 Å². The number of urea groups is 1. The van der Waals surface area contributed by atoms with Crippen molar-refractivity contribution in [1.29, 1.82) is 0 Å². The van der Waals surface area contributed by atoms with Gasteiger partial charge in [-0.2, -0.15) is 0 Å². The molecule has 0 aromatic rings. The van der Waals surface area contributed by atoms with Crippen LogP contribution in [-0.4, -0.2) is 55.6 Å². The summed E-state index contributed by atoms with van der Waals surface area (Å²) in [5, 5.41) is 4.87. The predicted octanol–water partition coefficient (Wildman–Crippen LogP) is -0.530. The Labute approximate surface area is 106 Å². The van der Waals surface area contributed by atoms with Crippen LogP contribution in [0.2, 0.25) is 0 Å². The van der Waals surface area contributed by atoms with Crippen LogP contribution < -0.4 is 10.6 Å². The molecule has 0 aromatic carbocycles. The first kappa shape index (κ1) is 14.4. The summed E-state index contributed by atoms with van der Waals surface area (Å²) in [5.41, 5.74) is 0. The van der Waals surface area contributed by atoms with E-state index in [9.17, 15) is 14.4 Å². The Morgan fingerprint density at radius 1 is 1.28 bits per heavy atom. The average Bonchev–Trinajstić information content (AvgIpc) is 3.11. The normalized spacial score (nSPS) is 14.2. The van der Waals surface area contributed by atoms with Gasteiger partial charge in [-0.3, -0.25) is 19.8 Å².